The molecular formula is C18H26ClN. The number of benzene rings is 1. The minimum Gasteiger partial charge on any atom is -0.307 e. The van der Waals surface area contributed by atoms with Crippen molar-refractivity contribution >= 4 is 11.6 Å². The molecule has 1 aromatic carbocycles. The van der Waals surface area contributed by atoms with Crippen molar-refractivity contribution in [3.8, 4) is 0 Å². The van der Waals surface area contributed by atoms with Crippen LogP contribution in [0.4, 0.5) is 0 Å². The number of fused-ring (bicyclic) bond motifs is 2. The Morgan fingerprint density at radius 3 is 2.60 bits per heavy atom. The molecule has 4 atom stereocenters. The molecule has 2 aliphatic carbocycles. The average Bonchev–Trinajstić information content (AvgIpc) is 2.72. The Morgan fingerprint density at radius 1 is 1.30 bits per heavy atom. The van der Waals surface area contributed by atoms with Crippen molar-refractivity contribution in [2.45, 2.75) is 59.0 Å². The van der Waals surface area contributed by atoms with E-state index in [-0.39, 0.29) is 0 Å². The van der Waals surface area contributed by atoms with Crippen molar-refractivity contribution in [3.05, 3.63) is 34.9 Å². The molecule has 1 nitrogen and oxygen atoms in total. The van der Waals surface area contributed by atoms with Crippen LogP contribution in [0.2, 0.25) is 5.02 Å². The lowest BCUT2D eigenvalue weighted by Crippen LogP contribution is -2.45. The van der Waals surface area contributed by atoms with Crippen molar-refractivity contribution in [2.24, 2.45) is 16.7 Å². The molecule has 2 fully saturated rings. The zero-order valence-corrected chi connectivity index (χ0v) is 13.8. The Morgan fingerprint density at radius 2 is 2.05 bits per heavy atom. The fourth-order valence-electron chi connectivity index (χ4n) is 4.63. The van der Waals surface area contributed by atoms with Gasteiger partial charge in [-0.15, -0.1) is 0 Å². The molecule has 1 aromatic rings. The largest absolute Gasteiger partial charge is 0.307 e. The number of hydrogen-bond acceptors (Lipinski definition) is 1. The molecule has 0 aromatic heterocycles. The minimum absolute atomic E-state index is 0.366. The third-order valence-corrected chi connectivity index (χ3v) is 6.83. The quantitative estimate of drug-likeness (QED) is 0.806. The lowest BCUT2D eigenvalue weighted by atomic mass is 9.69. The third kappa shape index (κ3) is 2.02. The van der Waals surface area contributed by atoms with Gasteiger partial charge in [0.1, 0.15) is 0 Å². The zero-order chi connectivity index (χ0) is 14.5. The van der Waals surface area contributed by atoms with Gasteiger partial charge in [-0.25, -0.2) is 0 Å². The van der Waals surface area contributed by atoms with Crippen LogP contribution in [0.25, 0.3) is 0 Å². The van der Waals surface area contributed by atoms with E-state index in [0.717, 1.165) is 10.9 Å². The number of halogens is 1. The predicted molar refractivity (Wildman–Crippen MR) is 86.0 cm³/mol. The van der Waals surface area contributed by atoms with Crippen LogP contribution in [-0.2, 0) is 0 Å². The highest BCUT2D eigenvalue weighted by Crippen LogP contribution is 2.65. The summed E-state index contributed by atoms with van der Waals surface area (Å²) in [5.74, 6) is 0.886. The summed E-state index contributed by atoms with van der Waals surface area (Å²) in [6.07, 6.45) is 4.10. The van der Waals surface area contributed by atoms with Crippen molar-refractivity contribution in [1.82, 2.24) is 5.32 Å². The fourth-order valence-corrected chi connectivity index (χ4v) is 4.83. The van der Waals surface area contributed by atoms with Gasteiger partial charge in [0.15, 0.2) is 0 Å². The monoisotopic (exact) mass is 291 g/mol. The molecule has 0 saturated heterocycles. The van der Waals surface area contributed by atoms with Crippen LogP contribution < -0.4 is 5.32 Å². The van der Waals surface area contributed by atoms with Gasteiger partial charge in [0, 0.05) is 17.1 Å². The Labute approximate surface area is 128 Å². The molecule has 4 unspecified atom stereocenters. The van der Waals surface area contributed by atoms with E-state index in [1.54, 1.807) is 0 Å². The minimum atomic E-state index is 0.366. The standard InChI is InChI=1S/C18H26ClN/c1-12(13-6-5-7-15(19)10-13)20-16-11-14-8-9-18(16,4)17(14,2)3/h5-7,10,12,14,16,20H,8-9,11H2,1-4H3. The summed E-state index contributed by atoms with van der Waals surface area (Å²) in [5, 5.41) is 4.72. The summed E-state index contributed by atoms with van der Waals surface area (Å²) in [7, 11) is 0. The van der Waals surface area contributed by atoms with Crippen LogP contribution in [0, 0.1) is 16.7 Å². The maximum absolute atomic E-state index is 6.11. The Bertz CT molecular complexity index is 510. The second-order valence-electron chi connectivity index (χ2n) is 7.61. The second kappa shape index (κ2) is 4.74. The van der Waals surface area contributed by atoms with Crippen LogP contribution >= 0.6 is 11.6 Å². The van der Waals surface area contributed by atoms with E-state index in [9.17, 15) is 0 Å². The fraction of sp³-hybridized carbons (Fsp3) is 0.667. The van der Waals surface area contributed by atoms with Crippen LogP contribution in [0.5, 0.6) is 0 Å². The molecule has 2 aliphatic rings. The number of hydrogen-bond donors (Lipinski definition) is 1. The first-order valence-corrected chi connectivity index (χ1v) is 8.24. The summed E-state index contributed by atoms with van der Waals surface area (Å²) < 4.78 is 0. The molecule has 1 N–H and O–H groups in total. The molecule has 0 spiro atoms. The molecule has 0 radical (unpaired) electrons. The van der Waals surface area contributed by atoms with Crippen molar-refractivity contribution in [1.29, 1.82) is 0 Å². The van der Waals surface area contributed by atoms with E-state index in [1.807, 2.05) is 12.1 Å². The van der Waals surface area contributed by atoms with Gasteiger partial charge in [-0.05, 0) is 60.6 Å². The van der Waals surface area contributed by atoms with Crippen molar-refractivity contribution in [3.63, 3.8) is 0 Å². The molecule has 0 heterocycles. The third-order valence-electron chi connectivity index (χ3n) is 6.59. The van der Waals surface area contributed by atoms with Crippen LogP contribution in [0.15, 0.2) is 24.3 Å². The summed E-state index contributed by atoms with van der Waals surface area (Å²) >= 11 is 6.11. The van der Waals surface area contributed by atoms with E-state index in [4.69, 9.17) is 11.6 Å². The van der Waals surface area contributed by atoms with Crippen LogP contribution in [-0.4, -0.2) is 6.04 Å². The van der Waals surface area contributed by atoms with Gasteiger partial charge >= 0.3 is 0 Å². The smallest absolute Gasteiger partial charge is 0.0409 e. The Kier molecular flexibility index (Phi) is 3.42. The number of nitrogens with one attached hydrogen (secondary N) is 1. The molecule has 2 bridgehead atoms. The highest BCUT2D eigenvalue weighted by molar-refractivity contribution is 6.30. The molecular weight excluding hydrogens is 266 g/mol. The zero-order valence-electron chi connectivity index (χ0n) is 13.0. The van der Waals surface area contributed by atoms with Gasteiger partial charge in [-0.3, -0.25) is 0 Å². The molecule has 0 amide bonds. The Hall–Kier alpha value is -0.530. The first-order valence-electron chi connectivity index (χ1n) is 7.86. The van der Waals surface area contributed by atoms with Gasteiger partial charge in [0.25, 0.3) is 0 Å². The van der Waals surface area contributed by atoms with Gasteiger partial charge in [0.05, 0.1) is 0 Å². The SMILES string of the molecule is CC(NC1CC2CCC1(C)C2(C)C)c1cccc(Cl)c1. The van der Waals surface area contributed by atoms with E-state index in [1.165, 1.54) is 24.8 Å². The van der Waals surface area contributed by atoms with Crippen LogP contribution in [0.3, 0.4) is 0 Å². The number of rotatable bonds is 3. The van der Waals surface area contributed by atoms with Gasteiger partial charge in [-0.2, -0.15) is 0 Å². The summed E-state index contributed by atoms with van der Waals surface area (Å²) in [5.41, 5.74) is 2.20. The van der Waals surface area contributed by atoms with Gasteiger partial charge in [0.2, 0.25) is 0 Å². The molecule has 2 heteroatoms. The molecule has 110 valence electrons. The van der Waals surface area contributed by atoms with E-state index in [0.29, 0.717) is 22.9 Å². The molecule has 20 heavy (non-hydrogen) atoms. The van der Waals surface area contributed by atoms with E-state index < -0.39 is 0 Å². The first kappa shape index (κ1) is 14.4. The lowest BCUT2D eigenvalue weighted by Gasteiger charge is -2.40. The van der Waals surface area contributed by atoms with E-state index in [2.05, 4.69) is 45.1 Å². The van der Waals surface area contributed by atoms with Gasteiger partial charge in [-0.1, -0.05) is 44.5 Å². The van der Waals surface area contributed by atoms with E-state index >= 15 is 0 Å². The van der Waals surface area contributed by atoms with Crippen molar-refractivity contribution in [2.75, 3.05) is 0 Å². The van der Waals surface area contributed by atoms with Crippen molar-refractivity contribution < 1.29 is 0 Å². The second-order valence-corrected chi connectivity index (χ2v) is 8.04. The van der Waals surface area contributed by atoms with Crippen LogP contribution in [0.1, 0.15) is 58.6 Å². The topological polar surface area (TPSA) is 12.0 Å². The summed E-state index contributed by atoms with van der Waals surface area (Å²) in [4.78, 5) is 0. The predicted octanol–water partition coefficient (Wildman–Crippen LogP) is 5.21. The molecule has 3 rings (SSSR count). The highest BCUT2D eigenvalue weighted by Gasteiger charge is 2.61. The summed E-state index contributed by atoms with van der Waals surface area (Å²) in [6, 6.07) is 9.24. The normalized spacial score (nSPS) is 36.2. The van der Waals surface area contributed by atoms with Gasteiger partial charge < -0.3 is 5.32 Å². The Balaban J connectivity index is 1.76. The first-order chi connectivity index (χ1) is 9.34. The molecule has 2 saturated carbocycles. The highest BCUT2D eigenvalue weighted by atomic mass is 35.5. The average molecular weight is 292 g/mol. The summed E-state index contributed by atoms with van der Waals surface area (Å²) in [6.45, 7) is 9.68. The maximum atomic E-state index is 6.11. The lowest BCUT2D eigenvalue weighted by molar-refractivity contribution is 0.116. The molecule has 0 aliphatic heterocycles. The maximum Gasteiger partial charge on any atom is 0.0409 e.